The second kappa shape index (κ2) is 8.31. The zero-order chi connectivity index (χ0) is 19.2. The number of amides is 1. The van der Waals surface area contributed by atoms with E-state index in [-0.39, 0.29) is 18.1 Å². The fourth-order valence-electron chi connectivity index (χ4n) is 2.88. The standard InChI is InChI=1S/C19H17FN4O3/c20-15-5-6-21-16(8-15)13-3-4-18(22-9-13)23-19(27)10-24-7-1-2-14(11-25)17(24)12-26/h3-6,8-9,11-12H,1-2,7,10H2,(H,22,23,27). The van der Waals surface area contributed by atoms with Gasteiger partial charge in [-0.15, -0.1) is 0 Å². The van der Waals surface area contributed by atoms with Gasteiger partial charge in [0.15, 0.2) is 6.29 Å². The maximum Gasteiger partial charge on any atom is 0.245 e. The lowest BCUT2D eigenvalue weighted by molar-refractivity contribution is -0.117. The van der Waals surface area contributed by atoms with Crippen molar-refractivity contribution in [1.82, 2.24) is 14.9 Å². The Balaban J connectivity index is 1.66. The number of allylic oxidation sites excluding steroid dienone is 2. The van der Waals surface area contributed by atoms with E-state index in [0.717, 1.165) is 0 Å². The summed E-state index contributed by atoms with van der Waals surface area (Å²) in [5, 5.41) is 2.64. The zero-order valence-electron chi connectivity index (χ0n) is 14.4. The van der Waals surface area contributed by atoms with Crippen LogP contribution in [0.1, 0.15) is 12.8 Å². The Hall–Kier alpha value is -3.42. The van der Waals surface area contributed by atoms with E-state index in [0.29, 0.717) is 54.6 Å². The normalized spacial score (nSPS) is 14.0. The number of nitrogens with zero attached hydrogens (tertiary/aromatic N) is 3. The molecular weight excluding hydrogens is 351 g/mol. The fourth-order valence-corrected chi connectivity index (χ4v) is 2.88. The molecule has 0 aliphatic carbocycles. The van der Waals surface area contributed by atoms with Crippen LogP contribution in [0.25, 0.3) is 11.3 Å². The molecule has 3 rings (SSSR count). The topological polar surface area (TPSA) is 92.3 Å². The van der Waals surface area contributed by atoms with Crippen molar-refractivity contribution in [2.45, 2.75) is 12.8 Å². The molecule has 0 radical (unpaired) electrons. The molecule has 0 saturated carbocycles. The molecule has 3 heterocycles. The minimum absolute atomic E-state index is 0.0553. The molecule has 27 heavy (non-hydrogen) atoms. The fraction of sp³-hybridized carbons (Fsp3) is 0.211. The third kappa shape index (κ3) is 4.41. The molecule has 1 aliphatic heterocycles. The van der Waals surface area contributed by atoms with Gasteiger partial charge in [0.05, 0.1) is 17.9 Å². The number of pyridine rings is 2. The zero-order valence-corrected chi connectivity index (χ0v) is 14.4. The molecule has 0 bridgehead atoms. The lowest BCUT2D eigenvalue weighted by atomic mass is 10.0. The Morgan fingerprint density at radius 3 is 2.74 bits per heavy atom. The summed E-state index contributed by atoms with van der Waals surface area (Å²) in [6.07, 6.45) is 5.35. The molecule has 1 amide bonds. The lowest BCUT2D eigenvalue weighted by Gasteiger charge is -2.28. The smallest absolute Gasteiger partial charge is 0.245 e. The second-order valence-electron chi connectivity index (χ2n) is 6.01. The van der Waals surface area contributed by atoms with Crippen molar-refractivity contribution in [2.24, 2.45) is 0 Å². The molecule has 0 saturated heterocycles. The number of nitrogens with one attached hydrogen (secondary N) is 1. The predicted molar refractivity (Wildman–Crippen MR) is 96.0 cm³/mol. The molecule has 0 atom stereocenters. The Morgan fingerprint density at radius 1 is 1.22 bits per heavy atom. The SMILES string of the molecule is O=CC1=C(C=O)N(CC(=O)Nc2ccc(-c3cc(F)ccn3)cn2)CCC1. The summed E-state index contributed by atoms with van der Waals surface area (Å²) in [4.78, 5) is 44.3. The van der Waals surface area contributed by atoms with Gasteiger partial charge in [-0.3, -0.25) is 19.4 Å². The van der Waals surface area contributed by atoms with Gasteiger partial charge in [-0.25, -0.2) is 9.37 Å². The Morgan fingerprint density at radius 2 is 2.07 bits per heavy atom. The first-order chi connectivity index (χ1) is 13.1. The Bertz CT molecular complexity index is 896. The van der Waals surface area contributed by atoms with E-state index in [1.807, 2.05) is 0 Å². The maximum atomic E-state index is 13.3. The Kier molecular flexibility index (Phi) is 5.65. The maximum absolute atomic E-state index is 13.3. The van der Waals surface area contributed by atoms with Crippen LogP contribution < -0.4 is 5.32 Å². The molecule has 2 aromatic rings. The van der Waals surface area contributed by atoms with E-state index in [2.05, 4.69) is 15.3 Å². The van der Waals surface area contributed by atoms with Crippen molar-refractivity contribution in [2.75, 3.05) is 18.4 Å². The van der Waals surface area contributed by atoms with Crippen LogP contribution in [0.15, 0.2) is 47.9 Å². The van der Waals surface area contributed by atoms with Gasteiger partial charge in [-0.05, 0) is 31.0 Å². The first-order valence-electron chi connectivity index (χ1n) is 8.37. The van der Waals surface area contributed by atoms with Crippen molar-refractivity contribution in [3.8, 4) is 11.3 Å². The highest BCUT2D eigenvalue weighted by Gasteiger charge is 2.21. The summed E-state index contributed by atoms with van der Waals surface area (Å²) < 4.78 is 13.3. The number of carbonyl (C=O) groups is 3. The molecule has 0 spiro atoms. The predicted octanol–water partition coefficient (Wildman–Crippen LogP) is 1.97. The third-order valence-corrected chi connectivity index (χ3v) is 4.18. The molecule has 1 aliphatic rings. The van der Waals surface area contributed by atoms with Crippen LogP contribution in [0.4, 0.5) is 10.2 Å². The quantitative estimate of drug-likeness (QED) is 0.784. The largest absolute Gasteiger partial charge is 0.359 e. The van der Waals surface area contributed by atoms with Crippen molar-refractivity contribution in [3.63, 3.8) is 0 Å². The number of hydrogen-bond donors (Lipinski definition) is 1. The molecule has 7 nitrogen and oxygen atoms in total. The number of hydrogen-bond acceptors (Lipinski definition) is 6. The number of rotatable bonds is 6. The van der Waals surface area contributed by atoms with Crippen LogP contribution in [0.3, 0.4) is 0 Å². The van der Waals surface area contributed by atoms with E-state index < -0.39 is 5.82 Å². The molecule has 1 N–H and O–H groups in total. The van der Waals surface area contributed by atoms with E-state index in [9.17, 15) is 18.8 Å². The van der Waals surface area contributed by atoms with Crippen molar-refractivity contribution >= 4 is 24.3 Å². The summed E-state index contributed by atoms with van der Waals surface area (Å²) in [6, 6.07) is 5.81. The minimum Gasteiger partial charge on any atom is -0.359 e. The van der Waals surface area contributed by atoms with Crippen LogP contribution in [0.2, 0.25) is 0 Å². The Labute approximate surface area is 154 Å². The highest BCUT2D eigenvalue weighted by atomic mass is 19.1. The third-order valence-electron chi connectivity index (χ3n) is 4.18. The van der Waals surface area contributed by atoms with E-state index in [4.69, 9.17) is 0 Å². The van der Waals surface area contributed by atoms with Crippen LogP contribution in [-0.4, -0.2) is 46.4 Å². The van der Waals surface area contributed by atoms with Gasteiger partial charge >= 0.3 is 0 Å². The number of carbonyl (C=O) groups excluding carboxylic acids is 3. The number of halogens is 1. The van der Waals surface area contributed by atoms with Crippen molar-refractivity contribution in [3.05, 3.63) is 53.7 Å². The summed E-state index contributed by atoms with van der Waals surface area (Å²) >= 11 is 0. The summed E-state index contributed by atoms with van der Waals surface area (Å²) in [7, 11) is 0. The van der Waals surface area contributed by atoms with Crippen LogP contribution in [0.5, 0.6) is 0 Å². The van der Waals surface area contributed by atoms with Crippen molar-refractivity contribution < 1.29 is 18.8 Å². The molecule has 0 fully saturated rings. The highest BCUT2D eigenvalue weighted by molar-refractivity contribution is 5.93. The molecule has 0 unspecified atom stereocenters. The molecular formula is C19H17FN4O3. The first kappa shape index (κ1) is 18.4. The molecule has 138 valence electrons. The van der Waals surface area contributed by atoms with Gasteiger partial charge in [0.25, 0.3) is 0 Å². The van der Waals surface area contributed by atoms with Gasteiger partial charge in [0, 0.05) is 36.1 Å². The van der Waals surface area contributed by atoms with Gasteiger partial charge in [0.2, 0.25) is 5.91 Å². The van der Waals surface area contributed by atoms with Gasteiger partial charge in [0.1, 0.15) is 17.9 Å². The van der Waals surface area contributed by atoms with Crippen LogP contribution in [0, 0.1) is 5.82 Å². The van der Waals surface area contributed by atoms with Gasteiger partial charge < -0.3 is 10.2 Å². The lowest BCUT2D eigenvalue weighted by Crippen LogP contribution is -2.37. The molecule has 0 aromatic carbocycles. The second-order valence-corrected chi connectivity index (χ2v) is 6.01. The number of aldehydes is 2. The summed E-state index contributed by atoms with van der Waals surface area (Å²) in [5.41, 5.74) is 1.72. The number of aromatic nitrogens is 2. The highest BCUT2D eigenvalue weighted by Crippen LogP contribution is 2.20. The monoisotopic (exact) mass is 368 g/mol. The van der Waals surface area contributed by atoms with E-state index in [1.54, 1.807) is 17.0 Å². The summed E-state index contributed by atoms with van der Waals surface area (Å²) in [6.45, 7) is 0.469. The van der Waals surface area contributed by atoms with Crippen LogP contribution in [-0.2, 0) is 14.4 Å². The van der Waals surface area contributed by atoms with Gasteiger partial charge in [-0.1, -0.05) is 0 Å². The average Bonchev–Trinajstić information content (AvgIpc) is 2.68. The minimum atomic E-state index is -0.396. The van der Waals surface area contributed by atoms with Gasteiger partial charge in [-0.2, -0.15) is 0 Å². The van der Waals surface area contributed by atoms with E-state index >= 15 is 0 Å². The molecule has 8 heteroatoms. The van der Waals surface area contributed by atoms with Crippen molar-refractivity contribution in [1.29, 1.82) is 0 Å². The van der Waals surface area contributed by atoms with Crippen LogP contribution >= 0.6 is 0 Å². The number of anilines is 1. The van der Waals surface area contributed by atoms with E-state index in [1.165, 1.54) is 24.5 Å². The summed E-state index contributed by atoms with van der Waals surface area (Å²) in [5.74, 6) is -0.428. The molecule has 2 aromatic heterocycles. The average molecular weight is 368 g/mol. The first-order valence-corrected chi connectivity index (χ1v) is 8.37.